The lowest BCUT2D eigenvalue weighted by Gasteiger charge is -2.35. The molecule has 0 saturated carbocycles. The minimum Gasteiger partial charge on any atom is -0.481 e. The highest BCUT2D eigenvalue weighted by Gasteiger charge is 2.48. The molecule has 0 amide bonds. The van der Waals surface area contributed by atoms with Crippen molar-refractivity contribution in [2.45, 2.75) is 11.8 Å². The Bertz CT molecular complexity index is 958. The van der Waals surface area contributed by atoms with E-state index in [1.807, 2.05) is 42.5 Å². The molecule has 0 unspecified atom stereocenters. The number of aliphatic carboxylic acids is 2. The van der Waals surface area contributed by atoms with Gasteiger partial charge in [-0.05, 0) is 44.8 Å². The number of carboxylic acids is 2. The Hall–Kier alpha value is -2.88. The lowest BCUT2D eigenvalue weighted by molar-refractivity contribution is -0.148. The second-order valence-electron chi connectivity index (χ2n) is 5.62. The van der Waals surface area contributed by atoms with E-state index in [-0.39, 0.29) is 0 Å². The summed E-state index contributed by atoms with van der Waals surface area (Å²) < 4.78 is 0. The first kappa shape index (κ1) is 12.8. The van der Waals surface area contributed by atoms with Gasteiger partial charge in [0.05, 0.1) is 11.8 Å². The van der Waals surface area contributed by atoms with Crippen molar-refractivity contribution in [1.29, 1.82) is 0 Å². The van der Waals surface area contributed by atoms with Crippen LogP contribution in [0.1, 0.15) is 23.0 Å². The normalized spacial score (nSPS) is 19.6. The molecular formula is C18H12O4. The Morgan fingerprint density at radius 1 is 0.773 bits per heavy atom. The molecule has 4 rings (SSSR count). The van der Waals surface area contributed by atoms with Crippen molar-refractivity contribution in [1.82, 2.24) is 0 Å². The zero-order valence-electron chi connectivity index (χ0n) is 11.5. The van der Waals surface area contributed by atoms with Crippen LogP contribution in [0.5, 0.6) is 0 Å². The highest BCUT2D eigenvalue weighted by molar-refractivity contribution is 6.06. The molecule has 22 heavy (non-hydrogen) atoms. The van der Waals surface area contributed by atoms with Gasteiger partial charge in [-0.3, -0.25) is 9.59 Å². The number of hydrogen-bond donors (Lipinski definition) is 2. The number of fused-ring (bicyclic) bond motifs is 4. The molecule has 3 aromatic carbocycles. The highest BCUT2D eigenvalue weighted by Crippen LogP contribution is 2.50. The first-order valence-electron chi connectivity index (χ1n) is 6.99. The fourth-order valence-corrected chi connectivity index (χ4v) is 3.46. The summed E-state index contributed by atoms with van der Waals surface area (Å²) >= 11 is 0. The Kier molecular flexibility index (Phi) is 2.51. The quantitative estimate of drug-likeness (QED) is 0.710. The summed E-state index contributed by atoms with van der Waals surface area (Å²) in [7, 11) is 0. The number of hydrogen-bond acceptors (Lipinski definition) is 2. The third-order valence-corrected chi connectivity index (χ3v) is 4.47. The maximum absolute atomic E-state index is 11.5. The van der Waals surface area contributed by atoms with Crippen molar-refractivity contribution in [3.05, 3.63) is 59.7 Å². The third-order valence-electron chi connectivity index (χ3n) is 4.47. The molecule has 0 spiro atoms. The molecule has 108 valence electrons. The van der Waals surface area contributed by atoms with Gasteiger partial charge >= 0.3 is 11.9 Å². The topological polar surface area (TPSA) is 74.6 Å². The largest absolute Gasteiger partial charge is 0.481 e. The van der Waals surface area contributed by atoms with Gasteiger partial charge in [-0.25, -0.2) is 0 Å². The zero-order chi connectivity index (χ0) is 15.4. The van der Waals surface area contributed by atoms with E-state index in [9.17, 15) is 19.8 Å². The Balaban J connectivity index is 2.05. The molecule has 0 fully saturated rings. The summed E-state index contributed by atoms with van der Waals surface area (Å²) in [6.45, 7) is 0. The maximum atomic E-state index is 11.5. The number of carbonyl (C=O) groups is 2. The third kappa shape index (κ3) is 1.58. The van der Waals surface area contributed by atoms with Crippen molar-refractivity contribution in [2.75, 3.05) is 0 Å². The van der Waals surface area contributed by atoms with Crippen LogP contribution in [-0.4, -0.2) is 22.2 Å². The van der Waals surface area contributed by atoms with Crippen LogP contribution >= 0.6 is 0 Å². The van der Waals surface area contributed by atoms with Crippen molar-refractivity contribution in [3.8, 4) is 0 Å². The molecule has 0 aliphatic heterocycles. The van der Waals surface area contributed by atoms with Crippen LogP contribution in [0.15, 0.2) is 48.5 Å². The van der Waals surface area contributed by atoms with Crippen LogP contribution in [0.3, 0.4) is 0 Å². The van der Waals surface area contributed by atoms with Crippen LogP contribution in [0, 0.1) is 0 Å². The molecular weight excluding hydrogens is 280 g/mol. The summed E-state index contributed by atoms with van der Waals surface area (Å²) in [5.74, 6) is -4.10. The monoisotopic (exact) mass is 292 g/mol. The predicted octanol–water partition coefficient (Wildman–Crippen LogP) is 3.34. The van der Waals surface area contributed by atoms with Crippen LogP contribution in [0.4, 0.5) is 0 Å². The standard InChI is InChI=1S/C18H12O4/c19-17(20)15-12-6-5-11-7-9-3-1-2-4-10(9)8-13(11)14(12)16(15)18(21)22/h1-8,15-16H,(H,19,20)(H,21,22)/t15-,16-/m1/s1. The molecule has 0 aromatic heterocycles. The number of carboxylic acid groups (broad SMARTS) is 2. The van der Waals surface area contributed by atoms with E-state index < -0.39 is 23.8 Å². The van der Waals surface area contributed by atoms with E-state index in [1.165, 1.54) is 0 Å². The predicted molar refractivity (Wildman–Crippen MR) is 82.2 cm³/mol. The lowest BCUT2D eigenvalue weighted by atomic mass is 9.66. The number of rotatable bonds is 2. The molecule has 0 saturated heterocycles. The summed E-state index contributed by atoms with van der Waals surface area (Å²) in [5, 5.41) is 22.6. The van der Waals surface area contributed by atoms with E-state index in [1.54, 1.807) is 6.07 Å². The molecule has 2 atom stereocenters. The van der Waals surface area contributed by atoms with Crippen LogP contribution in [0.2, 0.25) is 0 Å². The molecule has 1 aliphatic rings. The van der Waals surface area contributed by atoms with E-state index >= 15 is 0 Å². The Morgan fingerprint density at radius 2 is 1.41 bits per heavy atom. The fourth-order valence-electron chi connectivity index (χ4n) is 3.46. The van der Waals surface area contributed by atoms with Gasteiger partial charge in [0.2, 0.25) is 0 Å². The summed E-state index contributed by atoms with van der Waals surface area (Å²) in [5.41, 5.74) is 1.26. The van der Waals surface area contributed by atoms with Crippen molar-refractivity contribution in [3.63, 3.8) is 0 Å². The van der Waals surface area contributed by atoms with Gasteiger partial charge in [0.15, 0.2) is 0 Å². The van der Waals surface area contributed by atoms with Gasteiger partial charge in [0.1, 0.15) is 0 Å². The minimum absolute atomic E-state index is 0.614. The van der Waals surface area contributed by atoms with Gasteiger partial charge < -0.3 is 10.2 Å². The fraction of sp³-hybridized carbons (Fsp3) is 0.111. The molecule has 2 N–H and O–H groups in total. The second kappa shape index (κ2) is 4.31. The minimum atomic E-state index is -1.08. The molecule has 0 radical (unpaired) electrons. The smallest absolute Gasteiger partial charge is 0.312 e. The Morgan fingerprint density at radius 3 is 2.05 bits per heavy atom. The molecule has 3 aromatic rings. The van der Waals surface area contributed by atoms with Crippen LogP contribution in [-0.2, 0) is 9.59 Å². The maximum Gasteiger partial charge on any atom is 0.312 e. The molecule has 4 nitrogen and oxygen atoms in total. The first-order valence-corrected chi connectivity index (χ1v) is 6.99. The second-order valence-corrected chi connectivity index (χ2v) is 5.62. The van der Waals surface area contributed by atoms with Gasteiger partial charge in [-0.1, -0.05) is 36.4 Å². The van der Waals surface area contributed by atoms with Crippen molar-refractivity contribution >= 4 is 33.5 Å². The van der Waals surface area contributed by atoms with Crippen molar-refractivity contribution < 1.29 is 19.8 Å². The highest BCUT2D eigenvalue weighted by atomic mass is 16.4. The lowest BCUT2D eigenvalue weighted by Crippen LogP contribution is -2.35. The Labute approximate surface area is 125 Å². The summed E-state index contributed by atoms with van der Waals surface area (Å²) in [4.78, 5) is 22.8. The molecule has 0 bridgehead atoms. The summed E-state index contributed by atoms with van der Waals surface area (Å²) in [6, 6.07) is 15.4. The SMILES string of the molecule is O=C(O)[C@@H]1c2ccc3cc4ccccc4cc3c2[C@H]1C(=O)O. The van der Waals surface area contributed by atoms with E-state index in [0.29, 0.717) is 11.1 Å². The number of benzene rings is 3. The molecule has 4 heteroatoms. The first-order chi connectivity index (χ1) is 10.6. The average molecular weight is 292 g/mol. The van der Waals surface area contributed by atoms with Crippen LogP contribution in [0.25, 0.3) is 21.5 Å². The van der Waals surface area contributed by atoms with E-state index in [4.69, 9.17) is 0 Å². The molecule has 1 aliphatic carbocycles. The van der Waals surface area contributed by atoms with E-state index in [0.717, 1.165) is 21.5 Å². The van der Waals surface area contributed by atoms with Crippen LogP contribution < -0.4 is 0 Å². The van der Waals surface area contributed by atoms with Gasteiger partial charge in [-0.15, -0.1) is 0 Å². The average Bonchev–Trinajstić information content (AvgIpc) is 2.44. The van der Waals surface area contributed by atoms with E-state index in [2.05, 4.69) is 0 Å². The molecule has 0 heterocycles. The summed E-state index contributed by atoms with van der Waals surface area (Å²) in [6.07, 6.45) is 0. The van der Waals surface area contributed by atoms with Gasteiger partial charge in [0.25, 0.3) is 0 Å². The van der Waals surface area contributed by atoms with Gasteiger partial charge in [0, 0.05) is 0 Å². The van der Waals surface area contributed by atoms with Crippen molar-refractivity contribution in [2.24, 2.45) is 0 Å². The zero-order valence-corrected chi connectivity index (χ0v) is 11.5. The van der Waals surface area contributed by atoms with Gasteiger partial charge in [-0.2, -0.15) is 0 Å².